The van der Waals surface area contributed by atoms with Crippen LogP contribution in [-0.2, 0) is 4.74 Å². The van der Waals surface area contributed by atoms with Gasteiger partial charge in [-0.3, -0.25) is 0 Å². The van der Waals surface area contributed by atoms with Gasteiger partial charge in [0.2, 0.25) is 0 Å². The highest BCUT2D eigenvalue weighted by molar-refractivity contribution is 5.45. The predicted molar refractivity (Wildman–Crippen MR) is 84.9 cm³/mol. The lowest BCUT2D eigenvalue weighted by Crippen LogP contribution is -2.17. The lowest BCUT2D eigenvalue weighted by Gasteiger charge is -2.19. The topological polar surface area (TPSA) is 64.3 Å². The molecular formula is C16H19N5O. The Morgan fingerprint density at radius 1 is 1.27 bits per heavy atom. The van der Waals surface area contributed by atoms with Crippen molar-refractivity contribution in [1.82, 2.24) is 19.6 Å². The summed E-state index contributed by atoms with van der Waals surface area (Å²) in [5, 5.41) is 7.58. The summed E-state index contributed by atoms with van der Waals surface area (Å²) in [4.78, 5) is 8.46. The number of hydrogen-bond donors (Lipinski definition) is 1. The van der Waals surface area contributed by atoms with Crippen molar-refractivity contribution < 1.29 is 4.74 Å². The smallest absolute Gasteiger partial charge is 0.254 e. The molecule has 0 bridgehead atoms. The molecule has 0 amide bonds. The van der Waals surface area contributed by atoms with Gasteiger partial charge in [-0.2, -0.15) is 14.6 Å². The molecule has 1 unspecified atom stereocenters. The van der Waals surface area contributed by atoms with E-state index in [1.165, 1.54) is 17.5 Å². The first-order valence-corrected chi connectivity index (χ1v) is 7.18. The largest absolute Gasteiger partial charge is 0.375 e. The van der Waals surface area contributed by atoms with Gasteiger partial charge in [0.1, 0.15) is 12.1 Å². The number of nitrogens with one attached hydrogen (secondary N) is 1. The van der Waals surface area contributed by atoms with Crippen LogP contribution in [0.15, 0.2) is 36.7 Å². The van der Waals surface area contributed by atoms with Crippen molar-refractivity contribution in [3.05, 3.63) is 53.5 Å². The van der Waals surface area contributed by atoms with E-state index in [-0.39, 0.29) is 6.10 Å². The lowest BCUT2D eigenvalue weighted by molar-refractivity contribution is 0.113. The van der Waals surface area contributed by atoms with Gasteiger partial charge < -0.3 is 10.1 Å². The van der Waals surface area contributed by atoms with Crippen LogP contribution in [0.4, 0.5) is 5.82 Å². The van der Waals surface area contributed by atoms with Gasteiger partial charge in [-0.05, 0) is 25.0 Å². The fraction of sp³-hybridized carbons (Fsp3) is 0.312. The Kier molecular flexibility index (Phi) is 4.02. The van der Waals surface area contributed by atoms with Gasteiger partial charge in [0.15, 0.2) is 0 Å². The first-order valence-electron chi connectivity index (χ1n) is 7.18. The molecule has 0 aliphatic carbocycles. The maximum Gasteiger partial charge on any atom is 0.254 e. The molecule has 6 nitrogen and oxygen atoms in total. The molecule has 0 fully saturated rings. The van der Waals surface area contributed by atoms with Crippen molar-refractivity contribution in [3.8, 4) is 0 Å². The van der Waals surface area contributed by atoms with Crippen molar-refractivity contribution >= 4 is 11.6 Å². The van der Waals surface area contributed by atoms with E-state index in [4.69, 9.17) is 4.74 Å². The van der Waals surface area contributed by atoms with E-state index in [0.29, 0.717) is 12.3 Å². The summed E-state index contributed by atoms with van der Waals surface area (Å²) < 4.78 is 7.33. The van der Waals surface area contributed by atoms with E-state index < -0.39 is 0 Å². The second kappa shape index (κ2) is 6.11. The van der Waals surface area contributed by atoms with E-state index in [0.717, 1.165) is 11.5 Å². The van der Waals surface area contributed by atoms with Crippen molar-refractivity contribution in [2.24, 2.45) is 0 Å². The van der Waals surface area contributed by atoms with Crippen LogP contribution in [-0.4, -0.2) is 33.2 Å². The molecule has 1 N–H and O–H groups in total. The monoisotopic (exact) mass is 297 g/mol. The minimum Gasteiger partial charge on any atom is -0.375 e. The first-order chi connectivity index (χ1) is 10.7. The molecule has 0 radical (unpaired) electrons. The molecular weight excluding hydrogens is 278 g/mol. The first kappa shape index (κ1) is 14.5. The number of benzene rings is 1. The zero-order valence-corrected chi connectivity index (χ0v) is 12.9. The molecule has 6 heteroatoms. The van der Waals surface area contributed by atoms with Gasteiger partial charge in [0.05, 0.1) is 6.10 Å². The molecule has 0 spiro atoms. The third kappa shape index (κ3) is 2.78. The number of fused-ring (bicyclic) bond motifs is 1. The quantitative estimate of drug-likeness (QED) is 0.784. The van der Waals surface area contributed by atoms with E-state index >= 15 is 0 Å². The number of aromatic nitrogens is 4. The van der Waals surface area contributed by atoms with E-state index in [9.17, 15) is 0 Å². The number of anilines is 1. The maximum atomic E-state index is 5.64. The summed E-state index contributed by atoms with van der Waals surface area (Å²) in [5.74, 6) is 1.45. The second-order valence-corrected chi connectivity index (χ2v) is 5.22. The summed E-state index contributed by atoms with van der Waals surface area (Å²) in [5.41, 5.74) is 3.29. The zero-order valence-electron chi connectivity index (χ0n) is 12.9. The Hall–Kier alpha value is -2.47. The molecule has 2 heterocycles. The molecule has 1 atom stereocenters. The molecule has 0 saturated heterocycles. The van der Waals surface area contributed by atoms with E-state index in [1.54, 1.807) is 11.6 Å². The molecule has 1 aromatic carbocycles. The van der Waals surface area contributed by atoms with Crippen molar-refractivity contribution in [1.29, 1.82) is 0 Å². The number of methoxy groups -OCH3 is 1. The van der Waals surface area contributed by atoms with Gasteiger partial charge in [-0.1, -0.05) is 24.3 Å². The molecule has 3 rings (SSSR count). The summed E-state index contributed by atoms with van der Waals surface area (Å²) in [7, 11) is 1.72. The Bertz CT molecular complexity index is 783. The van der Waals surface area contributed by atoms with Crippen LogP contribution in [0.3, 0.4) is 0 Å². The van der Waals surface area contributed by atoms with Crippen LogP contribution in [0.1, 0.15) is 22.9 Å². The zero-order chi connectivity index (χ0) is 15.5. The summed E-state index contributed by atoms with van der Waals surface area (Å²) in [6.45, 7) is 4.67. The lowest BCUT2D eigenvalue weighted by atomic mass is 10.0. The maximum absolute atomic E-state index is 5.64. The number of nitrogens with zero attached hydrogens (tertiary/aromatic N) is 4. The molecule has 0 saturated carbocycles. The number of ether oxygens (including phenoxy) is 1. The summed E-state index contributed by atoms with van der Waals surface area (Å²) in [6, 6.07) is 10.2. The van der Waals surface area contributed by atoms with Gasteiger partial charge in [0.25, 0.3) is 5.78 Å². The highest BCUT2D eigenvalue weighted by Crippen LogP contribution is 2.21. The van der Waals surface area contributed by atoms with Gasteiger partial charge in [-0.25, -0.2) is 4.98 Å². The molecule has 0 aliphatic rings. The Balaban J connectivity index is 1.83. The molecule has 22 heavy (non-hydrogen) atoms. The van der Waals surface area contributed by atoms with E-state index in [1.807, 2.05) is 25.1 Å². The van der Waals surface area contributed by atoms with E-state index in [2.05, 4.69) is 39.4 Å². The number of aryl methyl sites for hydroxylation is 2. The third-order valence-corrected chi connectivity index (χ3v) is 3.67. The van der Waals surface area contributed by atoms with Crippen LogP contribution >= 0.6 is 0 Å². The fourth-order valence-corrected chi connectivity index (χ4v) is 2.52. The van der Waals surface area contributed by atoms with Crippen molar-refractivity contribution in [2.75, 3.05) is 19.0 Å². The van der Waals surface area contributed by atoms with Gasteiger partial charge in [-0.15, -0.1) is 0 Å². The molecule has 0 aliphatic heterocycles. The Morgan fingerprint density at radius 2 is 2.09 bits per heavy atom. The summed E-state index contributed by atoms with van der Waals surface area (Å²) in [6.07, 6.45) is 1.47. The van der Waals surface area contributed by atoms with Gasteiger partial charge in [0, 0.05) is 25.4 Å². The minimum absolute atomic E-state index is 0.0340. The van der Waals surface area contributed by atoms with Crippen LogP contribution in [0.2, 0.25) is 0 Å². The van der Waals surface area contributed by atoms with Crippen LogP contribution in [0.5, 0.6) is 0 Å². The SMILES string of the molecule is COC(CNc1cc(C)nc2ncnn12)c1ccccc1C. The normalized spacial score (nSPS) is 12.5. The minimum atomic E-state index is -0.0340. The summed E-state index contributed by atoms with van der Waals surface area (Å²) >= 11 is 0. The van der Waals surface area contributed by atoms with Crippen molar-refractivity contribution in [2.45, 2.75) is 20.0 Å². The van der Waals surface area contributed by atoms with Crippen LogP contribution in [0.25, 0.3) is 5.78 Å². The Labute approximate surface area is 129 Å². The third-order valence-electron chi connectivity index (χ3n) is 3.67. The van der Waals surface area contributed by atoms with Crippen molar-refractivity contribution in [3.63, 3.8) is 0 Å². The average molecular weight is 297 g/mol. The Morgan fingerprint density at radius 3 is 2.86 bits per heavy atom. The fourth-order valence-electron chi connectivity index (χ4n) is 2.52. The molecule has 114 valence electrons. The molecule has 2 aromatic heterocycles. The number of rotatable bonds is 5. The highest BCUT2D eigenvalue weighted by atomic mass is 16.5. The van der Waals surface area contributed by atoms with Crippen LogP contribution in [0, 0.1) is 13.8 Å². The second-order valence-electron chi connectivity index (χ2n) is 5.22. The molecule has 3 aromatic rings. The average Bonchev–Trinajstić information content (AvgIpc) is 2.97. The van der Waals surface area contributed by atoms with Gasteiger partial charge >= 0.3 is 0 Å². The van der Waals surface area contributed by atoms with Crippen LogP contribution < -0.4 is 5.32 Å². The predicted octanol–water partition coefficient (Wildman–Crippen LogP) is 2.54. The standard InChI is InChI=1S/C16H19N5O/c1-11-6-4-5-7-13(11)14(22-3)9-17-15-8-12(2)20-16-18-10-19-21(15)16/h4-8,10,14,17H,9H2,1-3H3. The highest BCUT2D eigenvalue weighted by Gasteiger charge is 2.14. The number of hydrogen-bond acceptors (Lipinski definition) is 5.